The Morgan fingerprint density at radius 2 is 1.88 bits per heavy atom. The molecule has 0 unspecified atom stereocenters. The Balaban J connectivity index is 2.32. The molecule has 2 atom stereocenters. The molecule has 0 aliphatic heterocycles. The van der Waals surface area contributed by atoms with Crippen molar-refractivity contribution < 1.29 is 5.11 Å². The summed E-state index contributed by atoms with van der Waals surface area (Å²) in [4.78, 5) is 0. The molecule has 2 heteroatoms. The molecule has 0 radical (unpaired) electrons. The molecule has 17 heavy (non-hydrogen) atoms. The summed E-state index contributed by atoms with van der Waals surface area (Å²) in [5.74, 6) is 0. The highest BCUT2D eigenvalue weighted by Crippen LogP contribution is 2.08. The zero-order valence-electron chi connectivity index (χ0n) is 11.0. The average Bonchev–Trinajstić information content (AvgIpc) is 2.36. The first kappa shape index (κ1) is 14.2. The van der Waals surface area contributed by atoms with Gasteiger partial charge in [0.1, 0.15) is 0 Å². The molecule has 1 rings (SSSR count). The van der Waals surface area contributed by atoms with E-state index < -0.39 is 0 Å². The molecule has 0 saturated carbocycles. The second-order valence-electron chi connectivity index (χ2n) is 4.65. The van der Waals surface area contributed by atoms with E-state index in [0.717, 1.165) is 32.2 Å². The summed E-state index contributed by atoms with van der Waals surface area (Å²) in [6.07, 6.45) is 3.72. The highest BCUT2D eigenvalue weighted by atomic mass is 16.3. The van der Waals surface area contributed by atoms with Crippen molar-refractivity contribution in [2.45, 2.75) is 58.2 Å². The quantitative estimate of drug-likeness (QED) is 0.725. The normalized spacial score (nSPS) is 14.5. The Kier molecular flexibility index (Phi) is 6.90. The fraction of sp³-hybridized carbons (Fsp3) is 0.600. The zero-order valence-corrected chi connectivity index (χ0v) is 11.0. The van der Waals surface area contributed by atoms with Crippen LogP contribution in [-0.2, 0) is 6.54 Å². The van der Waals surface area contributed by atoms with Crippen molar-refractivity contribution in [1.29, 1.82) is 0 Å². The third-order valence-corrected chi connectivity index (χ3v) is 3.11. The minimum Gasteiger partial charge on any atom is -0.393 e. The van der Waals surface area contributed by atoms with Crippen LogP contribution in [0.1, 0.15) is 45.1 Å². The molecule has 0 bridgehead atoms. The third kappa shape index (κ3) is 5.85. The maximum atomic E-state index is 9.81. The van der Waals surface area contributed by atoms with Crippen molar-refractivity contribution in [3.05, 3.63) is 35.9 Å². The molecule has 1 aromatic carbocycles. The number of aliphatic hydroxyl groups is 1. The average molecular weight is 235 g/mol. The number of hydrogen-bond donors (Lipinski definition) is 2. The molecular weight excluding hydrogens is 210 g/mol. The Hall–Kier alpha value is -0.860. The fourth-order valence-electron chi connectivity index (χ4n) is 2.03. The molecule has 0 aliphatic carbocycles. The van der Waals surface area contributed by atoms with Crippen molar-refractivity contribution in [2.75, 3.05) is 0 Å². The molecular formula is C15H25NO. The number of benzene rings is 1. The van der Waals surface area contributed by atoms with Gasteiger partial charge in [0.2, 0.25) is 0 Å². The van der Waals surface area contributed by atoms with Crippen LogP contribution in [0, 0.1) is 0 Å². The Morgan fingerprint density at radius 1 is 1.18 bits per heavy atom. The second-order valence-corrected chi connectivity index (χ2v) is 4.65. The van der Waals surface area contributed by atoms with E-state index >= 15 is 0 Å². The largest absolute Gasteiger partial charge is 0.393 e. The predicted molar refractivity (Wildman–Crippen MR) is 72.9 cm³/mol. The molecule has 0 spiro atoms. The van der Waals surface area contributed by atoms with E-state index in [4.69, 9.17) is 0 Å². The summed E-state index contributed by atoms with van der Waals surface area (Å²) < 4.78 is 0. The van der Waals surface area contributed by atoms with Gasteiger partial charge in [-0.3, -0.25) is 0 Å². The molecule has 2 N–H and O–H groups in total. The van der Waals surface area contributed by atoms with Gasteiger partial charge in [-0.05, 0) is 24.8 Å². The second kappa shape index (κ2) is 8.26. The van der Waals surface area contributed by atoms with E-state index in [-0.39, 0.29) is 6.10 Å². The van der Waals surface area contributed by atoms with Crippen LogP contribution in [0.3, 0.4) is 0 Å². The van der Waals surface area contributed by atoms with Gasteiger partial charge >= 0.3 is 0 Å². The van der Waals surface area contributed by atoms with Crippen LogP contribution in [0.2, 0.25) is 0 Å². The van der Waals surface area contributed by atoms with Gasteiger partial charge in [0.25, 0.3) is 0 Å². The molecule has 0 saturated heterocycles. The monoisotopic (exact) mass is 235 g/mol. The van der Waals surface area contributed by atoms with E-state index in [2.05, 4.69) is 43.4 Å². The van der Waals surface area contributed by atoms with Gasteiger partial charge in [-0.2, -0.15) is 0 Å². The van der Waals surface area contributed by atoms with Crippen LogP contribution >= 0.6 is 0 Å². The first-order valence-corrected chi connectivity index (χ1v) is 6.71. The summed E-state index contributed by atoms with van der Waals surface area (Å²) >= 11 is 0. The highest BCUT2D eigenvalue weighted by molar-refractivity contribution is 5.14. The summed E-state index contributed by atoms with van der Waals surface area (Å²) in [5, 5.41) is 13.3. The molecule has 0 aliphatic rings. The third-order valence-electron chi connectivity index (χ3n) is 3.11. The van der Waals surface area contributed by atoms with E-state index in [9.17, 15) is 5.11 Å². The van der Waals surface area contributed by atoms with Crippen LogP contribution in [0.5, 0.6) is 0 Å². The summed E-state index contributed by atoms with van der Waals surface area (Å²) in [6, 6.07) is 10.8. The minimum absolute atomic E-state index is 0.159. The summed E-state index contributed by atoms with van der Waals surface area (Å²) in [5.41, 5.74) is 1.30. The number of rotatable bonds is 8. The zero-order chi connectivity index (χ0) is 12.5. The molecule has 1 aromatic rings. The maximum Gasteiger partial charge on any atom is 0.0555 e. The molecule has 2 nitrogen and oxygen atoms in total. The Labute approximate surface area is 105 Å². The van der Waals surface area contributed by atoms with Crippen LogP contribution in [0.4, 0.5) is 0 Å². The lowest BCUT2D eigenvalue weighted by Crippen LogP contribution is -2.31. The lowest BCUT2D eigenvalue weighted by Gasteiger charge is -2.20. The van der Waals surface area contributed by atoms with Gasteiger partial charge < -0.3 is 10.4 Å². The summed E-state index contributed by atoms with van der Waals surface area (Å²) in [7, 11) is 0. The number of aliphatic hydroxyl groups excluding tert-OH is 1. The van der Waals surface area contributed by atoms with E-state index in [1.807, 2.05) is 6.07 Å². The van der Waals surface area contributed by atoms with Crippen molar-refractivity contribution >= 4 is 0 Å². The SMILES string of the molecule is CCC[C@@H](O)C[C@H](CC)NCc1ccccc1. The smallest absolute Gasteiger partial charge is 0.0555 e. The fourth-order valence-corrected chi connectivity index (χ4v) is 2.03. The number of hydrogen-bond acceptors (Lipinski definition) is 2. The van der Waals surface area contributed by atoms with Gasteiger partial charge in [-0.15, -0.1) is 0 Å². The molecule has 0 fully saturated rings. The van der Waals surface area contributed by atoms with Crippen molar-refractivity contribution in [1.82, 2.24) is 5.32 Å². The lowest BCUT2D eigenvalue weighted by atomic mass is 10.0. The van der Waals surface area contributed by atoms with E-state index in [1.54, 1.807) is 0 Å². The molecule has 0 amide bonds. The number of nitrogens with one attached hydrogen (secondary N) is 1. The van der Waals surface area contributed by atoms with Crippen LogP contribution in [0.25, 0.3) is 0 Å². The van der Waals surface area contributed by atoms with Gasteiger partial charge in [0.15, 0.2) is 0 Å². The molecule has 0 aromatic heterocycles. The van der Waals surface area contributed by atoms with E-state index in [0.29, 0.717) is 6.04 Å². The van der Waals surface area contributed by atoms with Crippen LogP contribution in [-0.4, -0.2) is 17.3 Å². The van der Waals surface area contributed by atoms with Gasteiger partial charge in [0, 0.05) is 12.6 Å². The maximum absolute atomic E-state index is 9.81. The molecule has 96 valence electrons. The van der Waals surface area contributed by atoms with Gasteiger partial charge in [-0.1, -0.05) is 50.6 Å². The van der Waals surface area contributed by atoms with Crippen molar-refractivity contribution in [3.8, 4) is 0 Å². The Bertz CT molecular complexity index is 286. The lowest BCUT2D eigenvalue weighted by molar-refractivity contribution is 0.137. The van der Waals surface area contributed by atoms with Gasteiger partial charge in [0.05, 0.1) is 6.10 Å². The van der Waals surface area contributed by atoms with Crippen LogP contribution in [0.15, 0.2) is 30.3 Å². The van der Waals surface area contributed by atoms with Gasteiger partial charge in [-0.25, -0.2) is 0 Å². The predicted octanol–water partition coefficient (Wildman–Crippen LogP) is 3.11. The Morgan fingerprint density at radius 3 is 2.47 bits per heavy atom. The first-order valence-electron chi connectivity index (χ1n) is 6.71. The standard InChI is InChI=1S/C15H25NO/c1-3-8-15(17)11-14(4-2)16-12-13-9-6-5-7-10-13/h5-7,9-10,14-17H,3-4,8,11-12H2,1-2H3/t14-,15+/m0/s1. The highest BCUT2D eigenvalue weighted by Gasteiger charge is 2.11. The molecule has 0 heterocycles. The van der Waals surface area contributed by atoms with Crippen LogP contribution < -0.4 is 5.32 Å². The summed E-state index contributed by atoms with van der Waals surface area (Å²) in [6.45, 7) is 5.17. The van der Waals surface area contributed by atoms with Crippen molar-refractivity contribution in [2.24, 2.45) is 0 Å². The topological polar surface area (TPSA) is 32.3 Å². The van der Waals surface area contributed by atoms with Crippen molar-refractivity contribution in [3.63, 3.8) is 0 Å². The first-order chi connectivity index (χ1) is 8.26. The van der Waals surface area contributed by atoms with E-state index in [1.165, 1.54) is 5.56 Å². The minimum atomic E-state index is -0.159.